The van der Waals surface area contributed by atoms with Crippen LogP contribution in [0, 0.1) is 6.92 Å². The smallest absolute Gasteiger partial charge is 0.222 e. The Morgan fingerprint density at radius 1 is 1.27 bits per heavy atom. The van der Waals surface area contributed by atoms with Crippen molar-refractivity contribution < 1.29 is 4.79 Å². The predicted octanol–water partition coefficient (Wildman–Crippen LogP) is 3.31. The SMILES string of the molecule is Cc1ncsc1CN1CCC[C@@]2(CC1)CC(=O)NCc1ccccc1N2. The van der Waals surface area contributed by atoms with Crippen molar-refractivity contribution >= 4 is 22.9 Å². The van der Waals surface area contributed by atoms with Crippen molar-refractivity contribution in [3.63, 3.8) is 0 Å². The fraction of sp³-hybridized carbons (Fsp3) is 0.500. The molecule has 26 heavy (non-hydrogen) atoms. The van der Waals surface area contributed by atoms with Gasteiger partial charge < -0.3 is 10.6 Å². The lowest BCUT2D eigenvalue weighted by Gasteiger charge is -2.37. The Labute approximate surface area is 158 Å². The molecule has 2 aliphatic rings. The van der Waals surface area contributed by atoms with Gasteiger partial charge in [-0.15, -0.1) is 11.3 Å². The number of benzene rings is 1. The van der Waals surface area contributed by atoms with Crippen LogP contribution in [0.3, 0.4) is 0 Å². The molecule has 1 spiro atoms. The highest BCUT2D eigenvalue weighted by molar-refractivity contribution is 7.09. The molecule has 0 unspecified atom stereocenters. The van der Waals surface area contributed by atoms with E-state index in [4.69, 9.17) is 0 Å². The Hall–Kier alpha value is -1.92. The minimum Gasteiger partial charge on any atom is -0.379 e. The summed E-state index contributed by atoms with van der Waals surface area (Å²) in [6.07, 6.45) is 3.65. The molecule has 138 valence electrons. The van der Waals surface area contributed by atoms with E-state index in [-0.39, 0.29) is 11.4 Å². The maximum absolute atomic E-state index is 12.4. The van der Waals surface area contributed by atoms with Gasteiger partial charge in [-0.1, -0.05) is 18.2 Å². The van der Waals surface area contributed by atoms with Gasteiger partial charge in [0.1, 0.15) is 0 Å². The maximum atomic E-state index is 12.4. The maximum Gasteiger partial charge on any atom is 0.222 e. The second kappa shape index (κ2) is 7.37. The van der Waals surface area contributed by atoms with E-state index in [1.54, 1.807) is 11.3 Å². The van der Waals surface area contributed by atoms with Crippen LogP contribution >= 0.6 is 11.3 Å². The van der Waals surface area contributed by atoms with Crippen molar-refractivity contribution in [2.75, 3.05) is 18.4 Å². The zero-order chi connectivity index (χ0) is 18.0. The first kappa shape index (κ1) is 17.5. The van der Waals surface area contributed by atoms with Gasteiger partial charge >= 0.3 is 0 Å². The predicted molar refractivity (Wildman–Crippen MR) is 105 cm³/mol. The summed E-state index contributed by atoms with van der Waals surface area (Å²) in [5.74, 6) is 0.152. The first-order valence-electron chi connectivity index (χ1n) is 9.38. The number of rotatable bonds is 2. The molecule has 0 bridgehead atoms. The molecule has 1 saturated heterocycles. The highest BCUT2D eigenvalue weighted by Crippen LogP contribution is 2.33. The van der Waals surface area contributed by atoms with Gasteiger partial charge in [0.2, 0.25) is 5.91 Å². The van der Waals surface area contributed by atoms with E-state index in [0.29, 0.717) is 13.0 Å². The van der Waals surface area contributed by atoms with Crippen LogP contribution in [0.25, 0.3) is 0 Å². The number of carbonyl (C=O) groups is 1. The molecule has 3 heterocycles. The van der Waals surface area contributed by atoms with Crippen molar-refractivity contribution in [2.24, 2.45) is 0 Å². The van der Waals surface area contributed by atoms with Gasteiger partial charge in [-0.3, -0.25) is 9.69 Å². The summed E-state index contributed by atoms with van der Waals surface area (Å²) >= 11 is 1.74. The molecule has 0 radical (unpaired) electrons. The molecule has 2 N–H and O–H groups in total. The summed E-state index contributed by atoms with van der Waals surface area (Å²) in [7, 11) is 0. The standard InChI is InChI=1S/C20H26N4OS/c1-15-18(26-14-22-15)13-24-9-4-7-20(8-10-24)11-19(25)21-12-16-5-2-3-6-17(16)23-20/h2-3,5-6,14,23H,4,7-13H2,1H3,(H,21,25)/t20-/m1/s1. The van der Waals surface area contributed by atoms with Crippen LogP contribution in [0.1, 0.15) is 41.8 Å². The summed E-state index contributed by atoms with van der Waals surface area (Å²) in [5, 5.41) is 6.87. The molecule has 2 aromatic rings. The number of para-hydroxylation sites is 1. The number of carbonyl (C=O) groups excluding carboxylic acids is 1. The van der Waals surface area contributed by atoms with Crippen molar-refractivity contribution in [2.45, 2.75) is 51.2 Å². The molecule has 6 heteroatoms. The van der Waals surface area contributed by atoms with Crippen LogP contribution in [0.15, 0.2) is 29.8 Å². The van der Waals surface area contributed by atoms with Gasteiger partial charge in [0.15, 0.2) is 0 Å². The van der Waals surface area contributed by atoms with E-state index in [9.17, 15) is 4.79 Å². The molecule has 1 amide bonds. The molecular weight excluding hydrogens is 344 g/mol. The highest BCUT2D eigenvalue weighted by atomic mass is 32.1. The van der Waals surface area contributed by atoms with Crippen LogP contribution in [-0.4, -0.2) is 34.4 Å². The molecule has 0 aliphatic carbocycles. The van der Waals surface area contributed by atoms with Crippen molar-refractivity contribution in [1.82, 2.24) is 15.2 Å². The number of aromatic nitrogens is 1. The van der Waals surface area contributed by atoms with Crippen LogP contribution in [0.4, 0.5) is 5.69 Å². The van der Waals surface area contributed by atoms with Crippen LogP contribution < -0.4 is 10.6 Å². The third-order valence-electron chi connectivity index (χ3n) is 5.64. The van der Waals surface area contributed by atoms with Crippen LogP contribution in [0.2, 0.25) is 0 Å². The number of likely N-dealkylation sites (tertiary alicyclic amines) is 1. The Bertz CT molecular complexity index is 790. The highest BCUT2D eigenvalue weighted by Gasteiger charge is 2.36. The molecule has 4 rings (SSSR count). The fourth-order valence-corrected chi connectivity index (χ4v) is 4.90. The van der Waals surface area contributed by atoms with Crippen molar-refractivity contribution in [1.29, 1.82) is 0 Å². The van der Waals surface area contributed by atoms with Gasteiger partial charge in [-0.2, -0.15) is 0 Å². The zero-order valence-electron chi connectivity index (χ0n) is 15.3. The lowest BCUT2D eigenvalue weighted by molar-refractivity contribution is -0.122. The first-order chi connectivity index (χ1) is 12.6. The van der Waals surface area contributed by atoms with E-state index in [1.165, 1.54) is 16.1 Å². The third-order valence-corrected chi connectivity index (χ3v) is 6.56. The molecule has 1 aromatic heterocycles. The van der Waals surface area contributed by atoms with Gasteiger partial charge in [-0.05, 0) is 44.4 Å². The topological polar surface area (TPSA) is 57.3 Å². The minimum atomic E-state index is -0.155. The Balaban J connectivity index is 1.52. The van der Waals surface area contributed by atoms with Crippen LogP contribution in [-0.2, 0) is 17.9 Å². The average Bonchev–Trinajstić information content (AvgIpc) is 2.91. The second-order valence-electron chi connectivity index (χ2n) is 7.51. The van der Waals surface area contributed by atoms with E-state index in [1.807, 2.05) is 11.6 Å². The molecule has 1 fully saturated rings. The lowest BCUT2D eigenvalue weighted by atomic mass is 9.85. The summed E-state index contributed by atoms with van der Waals surface area (Å²) in [4.78, 5) is 20.7. The first-order valence-corrected chi connectivity index (χ1v) is 10.3. The molecule has 0 saturated carbocycles. The summed E-state index contributed by atoms with van der Waals surface area (Å²) in [5.41, 5.74) is 5.26. The number of anilines is 1. The quantitative estimate of drug-likeness (QED) is 0.852. The number of aryl methyl sites for hydroxylation is 1. The Morgan fingerprint density at radius 2 is 2.15 bits per heavy atom. The van der Waals surface area contributed by atoms with E-state index >= 15 is 0 Å². The summed E-state index contributed by atoms with van der Waals surface area (Å²) < 4.78 is 0. The number of nitrogens with zero attached hydrogens (tertiary/aromatic N) is 2. The number of fused-ring (bicyclic) bond motifs is 1. The van der Waals surface area contributed by atoms with Crippen molar-refractivity contribution in [3.05, 3.63) is 45.9 Å². The van der Waals surface area contributed by atoms with E-state index in [0.717, 1.165) is 44.6 Å². The number of amides is 1. The van der Waals surface area contributed by atoms with E-state index in [2.05, 4.69) is 45.6 Å². The largest absolute Gasteiger partial charge is 0.379 e. The third kappa shape index (κ3) is 3.76. The molecule has 1 aromatic carbocycles. The minimum absolute atomic E-state index is 0.152. The molecule has 2 aliphatic heterocycles. The molecule has 1 atom stereocenters. The molecule has 5 nitrogen and oxygen atoms in total. The normalized spacial score (nSPS) is 24.1. The van der Waals surface area contributed by atoms with Gasteiger partial charge in [0, 0.05) is 42.2 Å². The lowest BCUT2D eigenvalue weighted by Crippen LogP contribution is -2.46. The number of nitrogens with one attached hydrogen (secondary N) is 2. The van der Waals surface area contributed by atoms with Gasteiger partial charge in [0.05, 0.1) is 11.2 Å². The summed E-state index contributed by atoms with van der Waals surface area (Å²) in [6.45, 7) is 5.73. The van der Waals surface area contributed by atoms with Crippen LogP contribution in [0.5, 0.6) is 0 Å². The second-order valence-corrected chi connectivity index (χ2v) is 8.45. The van der Waals surface area contributed by atoms with Crippen molar-refractivity contribution in [3.8, 4) is 0 Å². The Kier molecular flexibility index (Phi) is 4.96. The van der Waals surface area contributed by atoms with E-state index < -0.39 is 0 Å². The zero-order valence-corrected chi connectivity index (χ0v) is 16.1. The number of thiazole rings is 1. The summed E-state index contributed by atoms with van der Waals surface area (Å²) in [6, 6.07) is 8.33. The number of hydrogen-bond acceptors (Lipinski definition) is 5. The fourth-order valence-electron chi connectivity index (χ4n) is 4.08. The van der Waals surface area contributed by atoms with Gasteiger partial charge in [0.25, 0.3) is 0 Å². The Morgan fingerprint density at radius 3 is 3.00 bits per heavy atom. The number of hydrogen-bond donors (Lipinski definition) is 2. The molecular formula is C20H26N4OS. The average molecular weight is 371 g/mol. The monoisotopic (exact) mass is 370 g/mol. The van der Waals surface area contributed by atoms with Gasteiger partial charge in [-0.25, -0.2) is 4.98 Å².